The Bertz CT molecular complexity index is 617. The normalized spacial score (nSPS) is 22.3. The smallest absolute Gasteiger partial charge is 0.225 e. The molecule has 1 aliphatic rings. The van der Waals surface area contributed by atoms with Crippen LogP contribution >= 0.6 is 0 Å². The van der Waals surface area contributed by atoms with Gasteiger partial charge in [-0.15, -0.1) is 0 Å². The minimum atomic E-state index is -0.421. The van der Waals surface area contributed by atoms with E-state index < -0.39 is 5.82 Å². The number of halogens is 1. The monoisotopic (exact) mass is 287 g/mol. The van der Waals surface area contributed by atoms with Gasteiger partial charge in [-0.3, -0.25) is 0 Å². The fourth-order valence-electron chi connectivity index (χ4n) is 2.63. The van der Waals surface area contributed by atoms with Crippen molar-refractivity contribution in [3.63, 3.8) is 0 Å². The van der Waals surface area contributed by atoms with Crippen molar-refractivity contribution < 1.29 is 9.13 Å². The summed E-state index contributed by atoms with van der Waals surface area (Å²) in [6.45, 7) is 5.40. The third-order valence-electron chi connectivity index (χ3n) is 3.83. The summed E-state index contributed by atoms with van der Waals surface area (Å²) in [6.07, 6.45) is 2.39. The second-order valence-electron chi connectivity index (χ2n) is 5.38. The van der Waals surface area contributed by atoms with Gasteiger partial charge < -0.3 is 9.64 Å². The van der Waals surface area contributed by atoms with Crippen molar-refractivity contribution in [3.05, 3.63) is 53.6 Å². The van der Waals surface area contributed by atoms with Crippen LogP contribution in [0.2, 0.25) is 0 Å². The maximum absolute atomic E-state index is 13.0. The van der Waals surface area contributed by atoms with E-state index in [0.29, 0.717) is 19.1 Å². The molecular weight excluding hydrogens is 269 g/mol. The summed E-state index contributed by atoms with van der Waals surface area (Å²) >= 11 is 0. The first-order valence-electron chi connectivity index (χ1n) is 7.06. The first-order chi connectivity index (χ1) is 10.1. The number of aromatic nitrogens is 2. The number of ether oxygens (including phenoxy) is 1. The maximum Gasteiger partial charge on any atom is 0.225 e. The molecule has 4 nitrogen and oxygen atoms in total. The molecule has 5 heteroatoms. The standard InChI is InChI=1S/C16H18FN3O/c1-11-5-3-4-6-14(11)15-9-20(12(2)10-21-15)16-18-7-13(17)8-19-16/h3-8,12,15H,9-10H2,1-2H3/t12-,15+/m0/s1. The number of hydrogen-bond donors (Lipinski definition) is 0. The molecule has 1 aromatic heterocycles. The molecule has 110 valence electrons. The Morgan fingerprint density at radius 1 is 1.24 bits per heavy atom. The highest BCUT2D eigenvalue weighted by Crippen LogP contribution is 2.28. The van der Waals surface area contributed by atoms with Gasteiger partial charge in [0.2, 0.25) is 5.95 Å². The van der Waals surface area contributed by atoms with Crippen LogP contribution in [0, 0.1) is 12.7 Å². The topological polar surface area (TPSA) is 38.2 Å². The van der Waals surface area contributed by atoms with Gasteiger partial charge in [0.15, 0.2) is 5.82 Å². The average Bonchev–Trinajstić information content (AvgIpc) is 2.50. The van der Waals surface area contributed by atoms with Crippen LogP contribution in [0.5, 0.6) is 0 Å². The minimum Gasteiger partial charge on any atom is -0.370 e. The van der Waals surface area contributed by atoms with Gasteiger partial charge in [0.1, 0.15) is 6.10 Å². The van der Waals surface area contributed by atoms with Crippen LogP contribution < -0.4 is 4.90 Å². The molecule has 3 rings (SSSR count). The lowest BCUT2D eigenvalue weighted by Gasteiger charge is -2.38. The van der Waals surface area contributed by atoms with E-state index in [1.165, 1.54) is 23.5 Å². The molecule has 1 aliphatic heterocycles. The highest BCUT2D eigenvalue weighted by atomic mass is 19.1. The molecule has 2 aromatic rings. The summed E-state index contributed by atoms with van der Waals surface area (Å²) in [6, 6.07) is 8.36. The largest absolute Gasteiger partial charge is 0.370 e. The van der Waals surface area contributed by atoms with Gasteiger partial charge in [0, 0.05) is 0 Å². The first kappa shape index (κ1) is 13.9. The average molecular weight is 287 g/mol. The van der Waals surface area contributed by atoms with Gasteiger partial charge in [-0.25, -0.2) is 14.4 Å². The van der Waals surface area contributed by atoms with Crippen LogP contribution in [0.1, 0.15) is 24.2 Å². The Labute approximate surface area is 123 Å². The number of aryl methyl sites for hydroxylation is 1. The van der Waals surface area contributed by atoms with Crippen molar-refractivity contribution in [2.75, 3.05) is 18.1 Å². The lowest BCUT2D eigenvalue weighted by Crippen LogP contribution is -2.46. The predicted molar refractivity (Wildman–Crippen MR) is 78.7 cm³/mol. The molecule has 2 atom stereocenters. The highest BCUT2D eigenvalue weighted by Gasteiger charge is 2.29. The van der Waals surface area contributed by atoms with Crippen molar-refractivity contribution in [2.45, 2.75) is 26.0 Å². The zero-order valence-corrected chi connectivity index (χ0v) is 12.2. The molecular formula is C16H18FN3O. The van der Waals surface area contributed by atoms with Gasteiger partial charge in [0.05, 0.1) is 31.6 Å². The summed E-state index contributed by atoms with van der Waals surface area (Å²) < 4.78 is 18.9. The van der Waals surface area contributed by atoms with E-state index in [4.69, 9.17) is 4.74 Å². The number of benzene rings is 1. The minimum absolute atomic E-state index is 0.0175. The Kier molecular flexibility index (Phi) is 3.84. The Morgan fingerprint density at radius 3 is 2.67 bits per heavy atom. The number of hydrogen-bond acceptors (Lipinski definition) is 4. The molecule has 0 bridgehead atoms. The molecule has 0 unspecified atom stereocenters. The van der Waals surface area contributed by atoms with Crippen LogP contribution in [-0.4, -0.2) is 29.2 Å². The Morgan fingerprint density at radius 2 is 1.95 bits per heavy atom. The van der Waals surface area contributed by atoms with Crippen molar-refractivity contribution in [3.8, 4) is 0 Å². The van der Waals surface area contributed by atoms with Crippen LogP contribution in [0.25, 0.3) is 0 Å². The SMILES string of the molecule is Cc1ccccc1[C@H]1CN(c2ncc(F)cn2)[C@@H](C)CO1. The van der Waals surface area contributed by atoms with Crippen molar-refractivity contribution >= 4 is 5.95 Å². The third-order valence-corrected chi connectivity index (χ3v) is 3.83. The van der Waals surface area contributed by atoms with E-state index in [1.54, 1.807) is 0 Å². The Balaban J connectivity index is 1.85. The lowest BCUT2D eigenvalue weighted by atomic mass is 10.0. The summed E-state index contributed by atoms with van der Waals surface area (Å²) in [5.74, 6) is 0.126. The molecule has 0 saturated carbocycles. The molecule has 0 aliphatic carbocycles. The highest BCUT2D eigenvalue weighted by molar-refractivity contribution is 5.35. The molecule has 2 heterocycles. The Hall–Kier alpha value is -2.01. The van der Waals surface area contributed by atoms with Crippen LogP contribution in [0.4, 0.5) is 10.3 Å². The first-order valence-corrected chi connectivity index (χ1v) is 7.06. The second kappa shape index (κ2) is 5.77. The summed E-state index contributed by atoms with van der Waals surface area (Å²) in [5, 5.41) is 0. The second-order valence-corrected chi connectivity index (χ2v) is 5.38. The van der Waals surface area contributed by atoms with E-state index in [0.717, 1.165) is 0 Å². The molecule has 0 spiro atoms. The third kappa shape index (κ3) is 2.88. The van der Waals surface area contributed by atoms with Gasteiger partial charge in [0.25, 0.3) is 0 Å². The summed E-state index contributed by atoms with van der Waals surface area (Å²) in [4.78, 5) is 10.2. The van der Waals surface area contributed by atoms with E-state index in [9.17, 15) is 4.39 Å². The molecule has 0 N–H and O–H groups in total. The maximum atomic E-state index is 13.0. The van der Waals surface area contributed by atoms with Crippen LogP contribution in [0.3, 0.4) is 0 Å². The van der Waals surface area contributed by atoms with Crippen molar-refractivity contribution in [1.82, 2.24) is 9.97 Å². The number of rotatable bonds is 2. The van der Waals surface area contributed by atoms with Gasteiger partial charge >= 0.3 is 0 Å². The fraction of sp³-hybridized carbons (Fsp3) is 0.375. The molecule has 0 radical (unpaired) electrons. The molecule has 1 saturated heterocycles. The van der Waals surface area contributed by atoms with Gasteiger partial charge in [-0.2, -0.15) is 0 Å². The van der Waals surface area contributed by atoms with E-state index in [2.05, 4.69) is 40.8 Å². The van der Waals surface area contributed by atoms with E-state index >= 15 is 0 Å². The summed E-state index contributed by atoms with van der Waals surface area (Å²) in [5.41, 5.74) is 2.38. The number of morpholine rings is 1. The van der Waals surface area contributed by atoms with Gasteiger partial charge in [-0.05, 0) is 25.0 Å². The fourth-order valence-corrected chi connectivity index (χ4v) is 2.63. The quantitative estimate of drug-likeness (QED) is 0.851. The van der Waals surface area contributed by atoms with Crippen molar-refractivity contribution in [2.24, 2.45) is 0 Å². The molecule has 0 amide bonds. The predicted octanol–water partition coefficient (Wildman–Crippen LogP) is 2.89. The molecule has 1 aromatic carbocycles. The van der Waals surface area contributed by atoms with E-state index in [1.807, 2.05) is 12.1 Å². The zero-order valence-electron chi connectivity index (χ0n) is 12.2. The molecule has 1 fully saturated rings. The molecule has 21 heavy (non-hydrogen) atoms. The number of nitrogens with zero attached hydrogens (tertiary/aromatic N) is 3. The van der Waals surface area contributed by atoms with Crippen LogP contribution in [0.15, 0.2) is 36.7 Å². The van der Waals surface area contributed by atoms with Gasteiger partial charge in [-0.1, -0.05) is 24.3 Å². The lowest BCUT2D eigenvalue weighted by molar-refractivity contribution is 0.0205. The van der Waals surface area contributed by atoms with E-state index in [-0.39, 0.29) is 12.1 Å². The number of anilines is 1. The zero-order chi connectivity index (χ0) is 14.8. The summed E-state index contributed by atoms with van der Waals surface area (Å²) in [7, 11) is 0. The van der Waals surface area contributed by atoms with Crippen molar-refractivity contribution in [1.29, 1.82) is 0 Å². The van der Waals surface area contributed by atoms with Crippen LogP contribution in [-0.2, 0) is 4.74 Å².